The van der Waals surface area contributed by atoms with E-state index in [9.17, 15) is 13.2 Å². The zero-order chi connectivity index (χ0) is 11.9. The van der Waals surface area contributed by atoms with E-state index >= 15 is 0 Å². The number of fused-ring (bicyclic) bond motifs is 2. The third kappa shape index (κ3) is 1.84. The van der Waals surface area contributed by atoms with Crippen LogP contribution >= 0.6 is 0 Å². The number of carbonyl (C=O) groups is 1. The highest BCUT2D eigenvalue weighted by Gasteiger charge is 2.53. The fraction of sp³-hybridized carbons (Fsp3) is 0.900. The number of piperidine rings is 1. The Labute approximate surface area is 95.8 Å². The van der Waals surface area contributed by atoms with Gasteiger partial charge in [-0.05, 0) is 32.1 Å². The van der Waals surface area contributed by atoms with Gasteiger partial charge in [-0.3, -0.25) is 4.79 Å². The van der Waals surface area contributed by atoms with Crippen LogP contribution in [0.3, 0.4) is 0 Å². The van der Waals surface area contributed by atoms with E-state index in [1.165, 1.54) is 10.6 Å². The van der Waals surface area contributed by atoms with Crippen LogP contribution in [0.1, 0.15) is 26.2 Å². The summed E-state index contributed by atoms with van der Waals surface area (Å²) in [6.45, 7) is 2.03. The van der Waals surface area contributed by atoms with Crippen LogP contribution in [0.4, 0.5) is 0 Å². The van der Waals surface area contributed by atoms with Crippen molar-refractivity contribution < 1.29 is 17.9 Å². The van der Waals surface area contributed by atoms with E-state index in [-0.39, 0.29) is 17.9 Å². The number of rotatable bonds is 3. The Bertz CT molecular complexity index is 392. The smallest absolute Gasteiger partial charge is 0.324 e. The molecule has 0 aromatic rings. The highest BCUT2D eigenvalue weighted by Crippen LogP contribution is 2.44. The Balaban J connectivity index is 2.25. The molecule has 1 heterocycles. The molecule has 2 fully saturated rings. The minimum atomic E-state index is -3.31. The number of ether oxygens (including phenoxy) is 1. The van der Waals surface area contributed by atoms with Gasteiger partial charge in [0.25, 0.3) is 0 Å². The Hall–Kier alpha value is -0.620. The molecule has 3 unspecified atom stereocenters. The molecule has 1 aliphatic carbocycles. The standard InChI is InChI=1S/C10H17NO4S/c1-3-15-10(12)9-7-4-5-8(6-7)11(9)16(2,13)14/h7-9H,3-6H2,1-2H3. The second-order valence-electron chi connectivity index (χ2n) is 4.52. The number of hydrogen-bond donors (Lipinski definition) is 0. The quantitative estimate of drug-likeness (QED) is 0.676. The maximum Gasteiger partial charge on any atom is 0.324 e. The SMILES string of the molecule is CCOC(=O)C1C2CCC(C2)N1S(C)(=O)=O. The van der Waals surface area contributed by atoms with E-state index in [2.05, 4.69) is 0 Å². The van der Waals surface area contributed by atoms with Gasteiger partial charge < -0.3 is 4.74 Å². The topological polar surface area (TPSA) is 63.7 Å². The molecule has 2 bridgehead atoms. The predicted octanol–water partition coefficient (Wildman–Crippen LogP) is 0.362. The van der Waals surface area contributed by atoms with Gasteiger partial charge in [0.1, 0.15) is 6.04 Å². The summed E-state index contributed by atoms with van der Waals surface area (Å²) >= 11 is 0. The molecule has 6 heteroatoms. The first-order chi connectivity index (χ1) is 7.45. The van der Waals surface area contributed by atoms with Crippen molar-refractivity contribution in [1.82, 2.24) is 4.31 Å². The molecule has 1 saturated carbocycles. The lowest BCUT2D eigenvalue weighted by Crippen LogP contribution is -2.49. The van der Waals surface area contributed by atoms with Crippen LogP contribution in [0, 0.1) is 5.92 Å². The summed E-state index contributed by atoms with van der Waals surface area (Å²) < 4.78 is 29.6. The number of carbonyl (C=O) groups excluding carboxylic acids is 1. The van der Waals surface area contributed by atoms with Gasteiger partial charge in [-0.2, -0.15) is 4.31 Å². The molecule has 2 rings (SSSR count). The molecule has 0 radical (unpaired) electrons. The summed E-state index contributed by atoms with van der Waals surface area (Å²) in [6.07, 6.45) is 3.77. The van der Waals surface area contributed by atoms with Crippen LogP contribution in [-0.4, -0.2) is 43.6 Å². The molecule has 0 aromatic heterocycles. The number of nitrogens with zero attached hydrogens (tertiary/aromatic N) is 1. The average Bonchev–Trinajstić information content (AvgIpc) is 2.74. The van der Waals surface area contributed by atoms with Crippen molar-refractivity contribution in [2.45, 2.75) is 38.3 Å². The van der Waals surface area contributed by atoms with Gasteiger partial charge in [0, 0.05) is 6.04 Å². The zero-order valence-corrected chi connectivity index (χ0v) is 10.4. The minimum Gasteiger partial charge on any atom is -0.465 e. The first-order valence-electron chi connectivity index (χ1n) is 5.60. The molecule has 5 nitrogen and oxygen atoms in total. The van der Waals surface area contributed by atoms with Gasteiger partial charge in [0.05, 0.1) is 12.9 Å². The van der Waals surface area contributed by atoms with Gasteiger partial charge in [-0.15, -0.1) is 0 Å². The fourth-order valence-electron chi connectivity index (χ4n) is 2.95. The van der Waals surface area contributed by atoms with Crippen molar-refractivity contribution in [1.29, 1.82) is 0 Å². The minimum absolute atomic E-state index is 0.00871. The molecule has 3 atom stereocenters. The molecule has 0 N–H and O–H groups in total. The maximum absolute atomic E-state index is 11.8. The van der Waals surface area contributed by atoms with E-state index in [4.69, 9.17) is 4.74 Å². The Morgan fingerprint density at radius 1 is 1.44 bits per heavy atom. The summed E-state index contributed by atoms with van der Waals surface area (Å²) in [7, 11) is -3.31. The molecule has 0 amide bonds. The van der Waals surface area contributed by atoms with Crippen molar-refractivity contribution in [3.05, 3.63) is 0 Å². The van der Waals surface area contributed by atoms with Crippen LogP contribution in [0.5, 0.6) is 0 Å². The van der Waals surface area contributed by atoms with Crippen LogP contribution in [-0.2, 0) is 19.6 Å². The van der Waals surface area contributed by atoms with Crippen molar-refractivity contribution in [3.8, 4) is 0 Å². The molecule has 0 spiro atoms. The van der Waals surface area contributed by atoms with Crippen LogP contribution in [0.15, 0.2) is 0 Å². The van der Waals surface area contributed by atoms with Crippen molar-refractivity contribution in [2.24, 2.45) is 5.92 Å². The summed E-state index contributed by atoms with van der Waals surface area (Å²) in [5.74, 6) is -0.237. The Morgan fingerprint density at radius 3 is 2.69 bits per heavy atom. The first-order valence-corrected chi connectivity index (χ1v) is 7.45. The Kier molecular flexibility index (Phi) is 2.96. The summed E-state index contributed by atoms with van der Waals surface area (Å²) in [6, 6.07) is -0.567. The normalized spacial score (nSPS) is 34.2. The summed E-state index contributed by atoms with van der Waals surface area (Å²) in [4.78, 5) is 11.8. The third-order valence-corrected chi connectivity index (χ3v) is 4.73. The van der Waals surface area contributed by atoms with Gasteiger partial charge in [-0.1, -0.05) is 0 Å². The lowest BCUT2D eigenvalue weighted by Gasteiger charge is -2.31. The number of hydrogen-bond acceptors (Lipinski definition) is 4. The lowest BCUT2D eigenvalue weighted by molar-refractivity contribution is -0.149. The third-order valence-electron chi connectivity index (χ3n) is 3.44. The van der Waals surface area contributed by atoms with Gasteiger partial charge >= 0.3 is 5.97 Å². The predicted molar refractivity (Wildman–Crippen MR) is 58.2 cm³/mol. The van der Waals surface area contributed by atoms with Gasteiger partial charge in [-0.25, -0.2) is 8.42 Å². The van der Waals surface area contributed by atoms with Crippen LogP contribution in [0.25, 0.3) is 0 Å². The number of sulfonamides is 1. The second-order valence-corrected chi connectivity index (χ2v) is 6.40. The molecule has 0 aromatic carbocycles. The highest BCUT2D eigenvalue weighted by atomic mass is 32.2. The van der Waals surface area contributed by atoms with Crippen LogP contribution < -0.4 is 0 Å². The molecule has 2 aliphatic rings. The van der Waals surface area contributed by atoms with E-state index < -0.39 is 16.1 Å². The number of esters is 1. The summed E-state index contributed by atoms with van der Waals surface area (Å²) in [5.41, 5.74) is 0. The van der Waals surface area contributed by atoms with Gasteiger partial charge in [0.2, 0.25) is 10.0 Å². The van der Waals surface area contributed by atoms with Crippen molar-refractivity contribution in [3.63, 3.8) is 0 Å². The molecule has 16 heavy (non-hydrogen) atoms. The molecule has 1 aliphatic heterocycles. The monoisotopic (exact) mass is 247 g/mol. The molecular weight excluding hydrogens is 230 g/mol. The summed E-state index contributed by atoms with van der Waals surface area (Å²) in [5, 5.41) is 0. The molecular formula is C10H17NO4S. The fourth-order valence-corrected chi connectivity index (χ4v) is 4.35. The van der Waals surface area contributed by atoms with E-state index in [0.29, 0.717) is 6.61 Å². The molecule has 1 saturated heterocycles. The van der Waals surface area contributed by atoms with Crippen molar-refractivity contribution >= 4 is 16.0 Å². The van der Waals surface area contributed by atoms with E-state index in [0.717, 1.165) is 19.3 Å². The zero-order valence-electron chi connectivity index (χ0n) is 9.55. The molecule has 92 valence electrons. The first kappa shape index (κ1) is 11.9. The lowest BCUT2D eigenvalue weighted by atomic mass is 10.0. The van der Waals surface area contributed by atoms with Crippen molar-refractivity contribution in [2.75, 3.05) is 12.9 Å². The maximum atomic E-state index is 11.8. The second kappa shape index (κ2) is 4.00. The van der Waals surface area contributed by atoms with Gasteiger partial charge in [0.15, 0.2) is 0 Å². The van der Waals surface area contributed by atoms with E-state index in [1.54, 1.807) is 6.92 Å². The largest absolute Gasteiger partial charge is 0.465 e. The van der Waals surface area contributed by atoms with Crippen LogP contribution in [0.2, 0.25) is 0 Å². The van der Waals surface area contributed by atoms with E-state index in [1.807, 2.05) is 0 Å². The Morgan fingerprint density at radius 2 is 2.12 bits per heavy atom. The average molecular weight is 247 g/mol. The highest BCUT2D eigenvalue weighted by molar-refractivity contribution is 7.88.